The summed E-state index contributed by atoms with van der Waals surface area (Å²) in [4.78, 5) is 29.9. The van der Waals surface area contributed by atoms with Crippen LogP contribution in [0.4, 0.5) is 0 Å². The lowest BCUT2D eigenvalue weighted by atomic mass is 9.90. The van der Waals surface area contributed by atoms with Gasteiger partial charge in [0, 0.05) is 24.0 Å². The van der Waals surface area contributed by atoms with E-state index in [0.29, 0.717) is 18.0 Å². The summed E-state index contributed by atoms with van der Waals surface area (Å²) in [7, 11) is 0. The van der Waals surface area contributed by atoms with Crippen molar-refractivity contribution in [3.63, 3.8) is 0 Å². The summed E-state index contributed by atoms with van der Waals surface area (Å²) in [5.74, 6) is -1.31. The smallest absolute Gasteiger partial charge is 0.308 e. The molecule has 1 aliphatic rings. The van der Waals surface area contributed by atoms with Crippen LogP contribution in [0, 0.1) is 11.8 Å². The third kappa shape index (κ3) is 3.42. The van der Waals surface area contributed by atoms with Gasteiger partial charge in [0.05, 0.1) is 11.6 Å². The molecule has 2 heterocycles. The lowest BCUT2D eigenvalue weighted by molar-refractivity contribution is -0.143. The van der Waals surface area contributed by atoms with Crippen molar-refractivity contribution in [1.29, 1.82) is 0 Å². The van der Waals surface area contributed by atoms with Crippen LogP contribution in [0.25, 0.3) is 11.3 Å². The molecule has 1 fully saturated rings. The quantitative estimate of drug-likeness (QED) is 0.939. The van der Waals surface area contributed by atoms with Crippen LogP contribution in [0.1, 0.15) is 23.1 Å². The summed E-state index contributed by atoms with van der Waals surface area (Å²) in [6.07, 6.45) is 0.617. The number of amides is 1. The first-order valence-corrected chi connectivity index (χ1v) is 8.45. The number of piperidine rings is 1. The monoisotopic (exact) mass is 330 g/mol. The largest absolute Gasteiger partial charge is 0.481 e. The first kappa shape index (κ1) is 15.7. The fourth-order valence-corrected chi connectivity index (χ4v) is 3.74. The molecule has 1 N–H and O–H groups in total. The van der Waals surface area contributed by atoms with Crippen LogP contribution in [0.3, 0.4) is 0 Å². The van der Waals surface area contributed by atoms with Crippen molar-refractivity contribution in [2.75, 3.05) is 13.1 Å². The van der Waals surface area contributed by atoms with E-state index in [4.69, 9.17) is 0 Å². The van der Waals surface area contributed by atoms with Gasteiger partial charge in [-0.05, 0) is 12.3 Å². The van der Waals surface area contributed by atoms with E-state index in [0.717, 1.165) is 11.3 Å². The Morgan fingerprint density at radius 1 is 1.26 bits per heavy atom. The normalized spacial score (nSPS) is 21.2. The van der Waals surface area contributed by atoms with Crippen LogP contribution in [0.2, 0.25) is 0 Å². The van der Waals surface area contributed by atoms with Crippen molar-refractivity contribution in [2.45, 2.75) is 13.3 Å². The standard InChI is InChI=1S/C17H18N2O3S/c1-11-7-13(17(21)22)9-19(8-11)16(20)15-18-14(10-23-15)12-5-3-2-4-6-12/h2-6,10-11,13H,7-9H2,1H3,(H,21,22). The Morgan fingerprint density at radius 2 is 2.00 bits per heavy atom. The van der Waals surface area contributed by atoms with Crippen molar-refractivity contribution >= 4 is 23.2 Å². The highest BCUT2D eigenvalue weighted by Gasteiger charge is 2.33. The second-order valence-corrected chi connectivity index (χ2v) is 6.85. The highest BCUT2D eigenvalue weighted by atomic mass is 32.1. The molecular weight excluding hydrogens is 312 g/mol. The lowest BCUT2D eigenvalue weighted by Crippen LogP contribution is -2.45. The maximum Gasteiger partial charge on any atom is 0.308 e. The number of hydrogen-bond acceptors (Lipinski definition) is 4. The van der Waals surface area contributed by atoms with Crippen molar-refractivity contribution < 1.29 is 14.7 Å². The van der Waals surface area contributed by atoms with Crippen LogP contribution < -0.4 is 0 Å². The van der Waals surface area contributed by atoms with Crippen LogP contribution in [-0.4, -0.2) is 40.0 Å². The molecule has 1 aromatic carbocycles. The Hall–Kier alpha value is -2.21. The third-order valence-corrected chi connectivity index (χ3v) is 4.88. The fourth-order valence-electron chi connectivity index (χ4n) is 2.95. The van der Waals surface area contributed by atoms with Gasteiger partial charge in [-0.2, -0.15) is 0 Å². The number of aromatic nitrogens is 1. The molecule has 0 bridgehead atoms. The number of hydrogen-bond donors (Lipinski definition) is 1. The zero-order valence-electron chi connectivity index (χ0n) is 12.8. The van der Waals surface area contributed by atoms with E-state index in [1.54, 1.807) is 4.90 Å². The molecule has 1 saturated heterocycles. The van der Waals surface area contributed by atoms with Gasteiger partial charge in [-0.25, -0.2) is 4.98 Å². The van der Waals surface area contributed by atoms with E-state index in [1.165, 1.54) is 11.3 Å². The van der Waals surface area contributed by atoms with Gasteiger partial charge in [0.2, 0.25) is 0 Å². The number of carbonyl (C=O) groups is 2. The molecule has 1 amide bonds. The van der Waals surface area contributed by atoms with Gasteiger partial charge >= 0.3 is 5.97 Å². The second-order valence-electron chi connectivity index (χ2n) is 5.99. The highest BCUT2D eigenvalue weighted by Crippen LogP contribution is 2.26. The second kappa shape index (κ2) is 6.50. The lowest BCUT2D eigenvalue weighted by Gasteiger charge is -2.34. The molecule has 1 aromatic heterocycles. The summed E-state index contributed by atoms with van der Waals surface area (Å²) >= 11 is 1.31. The number of nitrogens with zero attached hydrogens (tertiary/aromatic N) is 2. The summed E-state index contributed by atoms with van der Waals surface area (Å²) < 4.78 is 0. The molecule has 23 heavy (non-hydrogen) atoms. The number of carbonyl (C=O) groups excluding carboxylic acids is 1. The van der Waals surface area contributed by atoms with Crippen LogP contribution in [0.15, 0.2) is 35.7 Å². The molecule has 0 radical (unpaired) electrons. The molecule has 5 nitrogen and oxygen atoms in total. The summed E-state index contributed by atoms with van der Waals surface area (Å²) in [5.41, 5.74) is 1.75. The molecule has 0 aliphatic carbocycles. The zero-order valence-corrected chi connectivity index (χ0v) is 13.6. The minimum absolute atomic E-state index is 0.171. The van der Waals surface area contributed by atoms with Gasteiger partial charge < -0.3 is 10.0 Å². The van der Waals surface area contributed by atoms with Gasteiger partial charge in [0.25, 0.3) is 5.91 Å². The zero-order chi connectivity index (χ0) is 16.4. The van der Waals surface area contributed by atoms with Crippen LogP contribution in [0.5, 0.6) is 0 Å². The average molecular weight is 330 g/mol. The first-order chi connectivity index (χ1) is 11.0. The molecule has 3 rings (SSSR count). The predicted molar refractivity (Wildman–Crippen MR) is 88.4 cm³/mol. The van der Waals surface area contributed by atoms with Crippen molar-refractivity contribution in [3.8, 4) is 11.3 Å². The Bertz CT molecular complexity index is 714. The maximum absolute atomic E-state index is 12.6. The Balaban J connectivity index is 1.78. The summed E-state index contributed by atoms with van der Waals surface area (Å²) in [6, 6.07) is 9.70. The van der Waals surface area contributed by atoms with E-state index < -0.39 is 11.9 Å². The highest BCUT2D eigenvalue weighted by molar-refractivity contribution is 7.12. The maximum atomic E-state index is 12.6. The van der Waals surface area contributed by atoms with Crippen molar-refractivity contribution in [3.05, 3.63) is 40.7 Å². The van der Waals surface area contributed by atoms with Crippen LogP contribution >= 0.6 is 11.3 Å². The van der Waals surface area contributed by atoms with Gasteiger partial charge in [-0.1, -0.05) is 37.3 Å². The molecule has 2 atom stereocenters. The van der Waals surface area contributed by atoms with E-state index in [-0.39, 0.29) is 18.4 Å². The Kier molecular flexibility index (Phi) is 4.43. The van der Waals surface area contributed by atoms with Gasteiger partial charge in [0.1, 0.15) is 0 Å². The average Bonchev–Trinajstić information content (AvgIpc) is 3.04. The first-order valence-electron chi connectivity index (χ1n) is 7.57. The van der Waals surface area contributed by atoms with Crippen LogP contribution in [-0.2, 0) is 4.79 Å². The molecule has 2 unspecified atom stereocenters. The van der Waals surface area contributed by atoms with Gasteiger partial charge in [-0.15, -0.1) is 11.3 Å². The number of aliphatic carboxylic acids is 1. The predicted octanol–water partition coefficient (Wildman–Crippen LogP) is 2.99. The van der Waals surface area contributed by atoms with E-state index in [2.05, 4.69) is 4.98 Å². The minimum atomic E-state index is -0.835. The topological polar surface area (TPSA) is 70.5 Å². The van der Waals surface area contributed by atoms with Crippen molar-refractivity contribution in [1.82, 2.24) is 9.88 Å². The fraction of sp³-hybridized carbons (Fsp3) is 0.353. The molecule has 0 saturated carbocycles. The molecule has 0 spiro atoms. The number of likely N-dealkylation sites (tertiary alicyclic amines) is 1. The number of thiazole rings is 1. The number of carboxylic acids is 1. The molecule has 120 valence electrons. The van der Waals surface area contributed by atoms with Crippen molar-refractivity contribution in [2.24, 2.45) is 11.8 Å². The third-order valence-electron chi connectivity index (χ3n) is 4.05. The summed E-state index contributed by atoms with van der Waals surface area (Å²) in [6.45, 7) is 2.83. The Morgan fingerprint density at radius 3 is 2.70 bits per heavy atom. The minimum Gasteiger partial charge on any atom is -0.481 e. The molecule has 1 aliphatic heterocycles. The number of carboxylic acid groups (broad SMARTS) is 1. The van der Waals surface area contributed by atoms with Gasteiger partial charge in [-0.3, -0.25) is 9.59 Å². The van der Waals surface area contributed by atoms with E-state index in [1.807, 2.05) is 42.6 Å². The van der Waals surface area contributed by atoms with E-state index >= 15 is 0 Å². The molecular formula is C17H18N2O3S. The Labute approximate surface area is 138 Å². The van der Waals surface area contributed by atoms with Gasteiger partial charge in [0.15, 0.2) is 5.01 Å². The van der Waals surface area contributed by atoms with E-state index in [9.17, 15) is 14.7 Å². The molecule has 6 heteroatoms. The summed E-state index contributed by atoms with van der Waals surface area (Å²) in [5, 5.41) is 11.5. The number of benzene rings is 1. The molecule has 2 aromatic rings. The SMILES string of the molecule is CC1CC(C(=O)O)CN(C(=O)c2nc(-c3ccccc3)cs2)C1. The number of rotatable bonds is 3.